The summed E-state index contributed by atoms with van der Waals surface area (Å²) in [5.41, 5.74) is 0.937. The van der Waals surface area contributed by atoms with E-state index in [1.807, 2.05) is 24.4 Å². The van der Waals surface area contributed by atoms with E-state index >= 15 is 0 Å². The molecule has 0 saturated carbocycles. The first kappa shape index (κ1) is 13.2. The van der Waals surface area contributed by atoms with Crippen LogP contribution in [0.3, 0.4) is 0 Å². The molecule has 17 heavy (non-hydrogen) atoms. The van der Waals surface area contributed by atoms with Crippen LogP contribution < -0.4 is 4.72 Å². The Balaban J connectivity index is 2.14. The maximum absolute atomic E-state index is 12.0. The topological polar surface area (TPSA) is 46.2 Å². The zero-order chi connectivity index (χ0) is 12.5. The van der Waals surface area contributed by atoms with Crippen LogP contribution in [-0.2, 0) is 16.6 Å². The molecule has 0 aromatic carbocycles. The van der Waals surface area contributed by atoms with Crippen molar-refractivity contribution >= 4 is 48.6 Å². The van der Waals surface area contributed by atoms with Gasteiger partial charge in [-0.1, -0.05) is 6.07 Å². The van der Waals surface area contributed by atoms with Gasteiger partial charge in [0.1, 0.15) is 4.21 Å². The van der Waals surface area contributed by atoms with Gasteiger partial charge >= 0.3 is 0 Å². The monoisotopic (exact) mass is 351 g/mol. The third kappa shape index (κ3) is 3.17. The van der Waals surface area contributed by atoms with Gasteiger partial charge < -0.3 is 0 Å². The lowest BCUT2D eigenvalue weighted by molar-refractivity contribution is 0.584. The summed E-state index contributed by atoms with van der Waals surface area (Å²) in [5, 5.41) is 1.93. The first-order valence-electron chi connectivity index (χ1n) is 4.77. The third-order valence-electron chi connectivity index (χ3n) is 2.12. The number of aryl methyl sites for hydroxylation is 1. The Bertz CT molecular complexity index is 582. The maximum atomic E-state index is 12.0. The number of sulfonamides is 1. The second-order valence-corrected chi connectivity index (χ2v) is 8.82. The van der Waals surface area contributed by atoms with Crippen molar-refractivity contribution in [1.82, 2.24) is 4.72 Å². The maximum Gasteiger partial charge on any atom is 0.250 e. The summed E-state index contributed by atoms with van der Waals surface area (Å²) in [7, 11) is -3.39. The van der Waals surface area contributed by atoms with Gasteiger partial charge in [0.25, 0.3) is 0 Å². The van der Waals surface area contributed by atoms with Gasteiger partial charge in [-0.05, 0) is 45.9 Å². The normalized spacial score (nSPS) is 11.9. The number of halogens is 1. The largest absolute Gasteiger partial charge is 0.250 e. The van der Waals surface area contributed by atoms with E-state index in [1.165, 1.54) is 22.7 Å². The van der Waals surface area contributed by atoms with Crippen molar-refractivity contribution in [2.24, 2.45) is 0 Å². The van der Waals surface area contributed by atoms with Gasteiger partial charge in [0.15, 0.2) is 0 Å². The summed E-state index contributed by atoms with van der Waals surface area (Å²) in [5.74, 6) is 0. The van der Waals surface area contributed by atoms with Crippen LogP contribution in [0.5, 0.6) is 0 Å². The lowest BCUT2D eigenvalue weighted by atomic mass is 10.4. The molecule has 0 amide bonds. The van der Waals surface area contributed by atoms with Crippen LogP contribution in [0.1, 0.15) is 10.4 Å². The Morgan fingerprint density at radius 1 is 1.47 bits per heavy atom. The zero-order valence-electron chi connectivity index (χ0n) is 8.94. The van der Waals surface area contributed by atoms with Gasteiger partial charge in [0.2, 0.25) is 10.0 Å². The quantitative estimate of drug-likeness (QED) is 0.917. The van der Waals surface area contributed by atoms with E-state index in [-0.39, 0.29) is 0 Å². The van der Waals surface area contributed by atoms with E-state index in [0.717, 1.165) is 14.2 Å². The first-order valence-corrected chi connectivity index (χ1v) is 8.74. The average molecular weight is 352 g/mol. The van der Waals surface area contributed by atoms with E-state index in [1.54, 1.807) is 6.07 Å². The van der Waals surface area contributed by atoms with E-state index in [4.69, 9.17) is 0 Å². The van der Waals surface area contributed by atoms with Crippen molar-refractivity contribution in [2.75, 3.05) is 0 Å². The van der Waals surface area contributed by atoms with Crippen molar-refractivity contribution in [3.63, 3.8) is 0 Å². The predicted octanol–water partition coefficient (Wildman–Crippen LogP) is 3.36. The minimum absolute atomic E-state index is 0.342. The molecule has 0 aliphatic heterocycles. The summed E-state index contributed by atoms with van der Waals surface area (Å²) < 4.78 is 27.7. The molecule has 2 aromatic rings. The molecule has 0 atom stereocenters. The van der Waals surface area contributed by atoms with Gasteiger partial charge in [0.05, 0.1) is 3.79 Å². The SMILES string of the molecule is Cc1cc(S(=O)(=O)NCc2cccs2)sc1Br. The minimum Gasteiger partial charge on any atom is -0.206 e. The van der Waals surface area contributed by atoms with E-state index < -0.39 is 10.0 Å². The number of nitrogens with one attached hydrogen (secondary N) is 1. The van der Waals surface area contributed by atoms with Gasteiger partial charge in [-0.25, -0.2) is 13.1 Å². The van der Waals surface area contributed by atoms with E-state index in [9.17, 15) is 8.42 Å². The fourth-order valence-electron chi connectivity index (χ4n) is 1.21. The number of rotatable bonds is 4. The number of hydrogen-bond acceptors (Lipinski definition) is 4. The van der Waals surface area contributed by atoms with Crippen molar-refractivity contribution in [2.45, 2.75) is 17.7 Å². The van der Waals surface area contributed by atoms with Crippen LogP contribution in [-0.4, -0.2) is 8.42 Å². The average Bonchev–Trinajstić information content (AvgIpc) is 2.87. The lowest BCUT2D eigenvalue weighted by Crippen LogP contribution is -2.21. The molecule has 0 aliphatic rings. The Hall–Kier alpha value is -0.210. The minimum atomic E-state index is -3.39. The van der Waals surface area contributed by atoms with Gasteiger partial charge in [-0.15, -0.1) is 22.7 Å². The zero-order valence-corrected chi connectivity index (χ0v) is 13.0. The molecule has 0 radical (unpaired) electrons. The second-order valence-electron chi connectivity index (χ2n) is 3.43. The fraction of sp³-hybridized carbons (Fsp3) is 0.200. The molecular weight excluding hydrogens is 342 g/mol. The Morgan fingerprint density at radius 2 is 2.24 bits per heavy atom. The molecule has 1 N–H and O–H groups in total. The summed E-state index contributed by atoms with van der Waals surface area (Å²) in [4.78, 5) is 1.00. The Kier molecular flexibility index (Phi) is 4.04. The molecule has 2 rings (SSSR count). The van der Waals surface area contributed by atoms with E-state index in [0.29, 0.717) is 10.8 Å². The molecular formula is C10H10BrNO2S3. The smallest absolute Gasteiger partial charge is 0.206 e. The van der Waals surface area contributed by atoms with Crippen molar-refractivity contribution in [3.8, 4) is 0 Å². The molecule has 7 heteroatoms. The summed E-state index contributed by atoms with van der Waals surface area (Å²) in [6.45, 7) is 2.22. The van der Waals surface area contributed by atoms with Crippen LogP contribution in [0, 0.1) is 6.92 Å². The van der Waals surface area contributed by atoms with Crippen LogP contribution >= 0.6 is 38.6 Å². The van der Waals surface area contributed by atoms with Crippen LogP contribution in [0.4, 0.5) is 0 Å². The standard InChI is InChI=1S/C10H10BrNO2S3/c1-7-5-9(16-10(7)11)17(13,14)12-6-8-3-2-4-15-8/h2-5,12H,6H2,1H3. The molecule has 0 bridgehead atoms. The van der Waals surface area contributed by atoms with Crippen LogP contribution in [0.2, 0.25) is 0 Å². The summed E-state index contributed by atoms with van der Waals surface area (Å²) in [6, 6.07) is 5.48. The molecule has 92 valence electrons. The predicted molar refractivity (Wildman–Crippen MR) is 75.1 cm³/mol. The molecule has 0 aliphatic carbocycles. The number of thiophene rings is 2. The second kappa shape index (κ2) is 5.19. The molecule has 0 spiro atoms. The highest BCUT2D eigenvalue weighted by atomic mass is 79.9. The van der Waals surface area contributed by atoms with Crippen molar-refractivity contribution < 1.29 is 8.42 Å². The Labute approximate surface area is 117 Å². The van der Waals surface area contributed by atoms with E-state index in [2.05, 4.69) is 20.7 Å². The lowest BCUT2D eigenvalue weighted by Gasteiger charge is -2.02. The highest BCUT2D eigenvalue weighted by molar-refractivity contribution is 9.11. The molecule has 0 unspecified atom stereocenters. The summed E-state index contributed by atoms with van der Waals surface area (Å²) >= 11 is 6.09. The highest BCUT2D eigenvalue weighted by Crippen LogP contribution is 2.30. The molecule has 0 fully saturated rings. The van der Waals surface area contributed by atoms with Gasteiger partial charge in [-0.2, -0.15) is 0 Å². The molecule has 2 heterocycles. The number of hydrogen-bond donors (Lipinski definition) is 1. The first-order chi connectivity index (χ1) is 7.99. The Morgan fingerprint density at radius 3 is 2.76 bits per heavy atom. The molecule has 3 nitrogen and oxygen atoms in total. The van der Waals surface area contributed by atoms with Crippen LogP contribution in [0.15, 0.2) is 31.6 Å². The van der Waals surface area contributed by atoms with Gasteiger partial charge in [-0.3, -0.25) is 0 Å². The molecule has 2 aromatic heterocycles. The molecule has 0 saturated heterocycles. The fourth-order valence-corrected chi connectivity index (χ4v) is 5.23. The van der Waals surface area contributed by atoms with Crippen LogP contribution in [0.25, 0.3) is 0 Å². The van der Waals surface area contributed by atoms with Crippen molar-refractivity contribution in [3.05, 3.63) is 37.8 Å². The third-order valence-corrected chi connectivity index (χ3v) is 7.00. The summed E-state index contributed by atoms with van der Waals surface area (Å²) in [6.07, 6.45) is 0. The highest BCUT2D eigenvalue weighted by Gasteiger charge is 2.17. The van der Waals surface area contributed by atoms with Gasteiger partial charge in [0, 0.05) is 11.4 Å². The van der Waals surface area contributed by atoms with Crippen molar-refractivity contribution in [1.29, 1.82) is 0 Å².